The van der Waals surface area contributed by atoms with Crippen LogP contribution in [0.3, 0.4) is 0 Å². The van der Waals surface area contributed by atoms with Crippen molar-refractivity contribution in [3.05, 3.63) is 60.6 Å². The quantitative estimate of drug-likeness (QED) is 0.514. The lowest BCUT2D eigenvalue weighted by atomic mass is 10.2. The highest BCUT2D eigenvalue weighted by Gasteiger charge is 2.11. The molecule has 4 aromatic rings. The molecule has 0 spiro atoms. The summed E-state index contributed by atoms with van der Waals surface area (Å²) in [5.74, 6) is 2.17. The molecule has 0 atom stereocenters. The Morgan fingerprint density at radius 3 is 2.79 bits per heavy atom. The standard InChI is InChI=1S/C21H22N6O2/c1-14(2)21-25-20(29-26-21)9-5-8-19(28)24-15-10-11-18(22-12-15)27-13-23-16-6-3-4-7-17(16)27/h3-4,6-7,10-14H,5,8-9H2,1-2H3,(H,24,28). The van der Waals surface area contributed by atoms with Gasteiger partial charge in [0.1, 0.15) is 12.1 Å². The van der Waals surface area contributed by atoms with Crippen LogP contribution in [-0.4, -0.2) is 30.6 Å². The molecule has 3 aromatic heterocycles. The molecule has 148 valence electrons. The van der Waals surface area contributed by atoms with E-state index in [1.807, 2.05) is 54.8 Å². The first-order valence-corrected chi connectivity index (χ1v) is 9.61. The third-order valence-electron chi connectivity index (χ3n) is 4.53. The lowest BCUT2D eigenvalue weighted by molar-refractivity contribution is -0.116. The number of para-hydroxylation sites is 2. The second-order valence-corrected chi connectivity index (χ2v) is 7.11. The SMILES string of the molecule is CC(C)c1noc(CCCC(=O)Nc2ccc(-n3cnc4ccccc43)nc2)n1. The third kappa shape index (κ3) is 4.31. The number of nitrogens with one attached hydrogen (secondary N) is 1. The van der Waals surface area contributed by atoms with Crippen molar-refractivity contribution in [2.24, 2.45) is 0 Å². The van der Waals surface area contributed by atoms with Crippen molar-refractivity contribution in [1.29, 1.82) is 0 Å². The number of anilines is 1. The number of pyridine rings is 1. The van der Waals surface area contributed by atoms with Crippen molar-refractivity contribution in [2.75, 3.05) is 5.32 Å². The topological polar surface area (TPSA) is 98.7 Å². The molecule has 0 saturated heterocycles. The van der Waals surface area contributed by atoms with Crippen molar-refractivity contribution in [3.8, 4) is 5.82 Å². The number of amides is 1. The molecule has 8 heteroatoms. The molecule has 0 unspecified atom stereocenters. The van der Waals surface area contributed by atoms with Gasteiger partial charge >= 0.3 is 0 Å². The van der Waals surface area contributed by atoms with Crippen molar-refractivity contribution >= 4 is 22.6 Å². The second kappa shape index (κ2) is 8.22. The number of aryl methyl sites for hydroxylation is 1. The Balaban J connectivity index is 1.32. The molecular formula is C21H22N6O2. The van der Waals surface area contributed by atoms with Gasteiger partial charge < -0.3 is 9.84 Å². The smallest absolute Gasteiger partial charge is 0.226 e. The molecule has 0 aliphatic rings. The van der Waals surface area contributed by atoms with E-state index in [1.54, 1.807) is 12.5 Å². The summed E-state index contributed by atoms with van der Waals surface area (Å²) < 4.78 is 7.11. The van der Waals surface area contributed by atoms with Crippen LogP contribution in [0.15, 0.2) is 53.4 Å². The highest BCUT2D eigenvalue weighted by molar-refractivity contribution is 5.90. The Morgan fingerprint density at radius 1 is 1.17 bits per heavy atom. The molecule has 4 rings (SSSR count). The van der Waals surface area contributed by atoms with E-state index in [0.717, 1.165) is 16.9 Å². The number of nitrogens with zero attached hydrogens (tertiary/aromatic N) is 5. The molecule has 0 bridgehead atoms. The Labute approximate surface area is 168 Å². The normalized spacial score (nSPS) is 11.3. The van der Waals surface area contributed by atoms with Crippen LogP contribution in [-0.2, 0) is 11.2 Å². The molecule has 1 amide bonds. The Hall–Kier alpha value is -3.55. The Morgan fingerprint density at radius 2 is 2.03 bits per heavy atom. The van der Waals surface area contributed by atoms with Crippen LogP contribution >= 0.6 is 0 Å². The molecule has 1 aromatic carbocycles. The van der Waals surface area contributed by atoms with Gasteiger partial charge in [-0.1, -0.05) is 31.1 Å². The molecule has 1 N–H and O–H groups in total. The number of carbonyl (C=O) groups is 1. The molecule has 0 saturated carbocycles. The van der Waals surface area contributed by atoms with Gasteiger partial charge in [-0.05, 0) is 30.7 Å². The average Bonchev–Trinajstić information content (AvgIpc) is 3.36. The zero-order valence-electron chi connectivity index (χ0n) is 16.4. The number of hydrogen-bond donors (Lipinski definition) is 1. The Bertz CT molecular complexity index is 1110. The van der Waals surface area contributed by atoms with Crippen LogP contribution in [0.25, 0.3) is 16.9 Å². The summed E-state index contributed by atoms with van der Waals surface area (Å²) in [6.07, 6.45) is 4.98. The Kier molecular flexibility index (Phi) is 5.33. The molecule has 0 aliphatic carbocycles. The maximum atomic E-state index is 12.2. The van der Waals surface area contributed by atoms with Gasteiger partial charge in [0.05, 0.1) is 22.9 Å². The molecule has 29 heavy (non-hydrogen) atoms. The van der Waals surface area contributed by atoms with E-state index in [9.17, 15) is 4.79 Å². The van der Waals surface area contributed by atoms with Crippen molar-refractivity contribution in [2.45, 2.75) is 39.0 Å². The van der Waals surface area contributed by atoms with E-state index >= 15 is 0 Å². The van der Waals surface area contributed by atoms with Gasteiger partial charge in [0.15, 0.2) is 5.82 Å². The first kappa shape index (κ1) is 18.8. The predicted molar refractivity (Wildman–Crippen MR) is 109 cm³/mol. The van der Waals surface area contributed by atoms with Crippen LogP contribution in [0, 0.1) is 0 Å². The molecular weight excluding hydrogens is 368 g/mol. The van der Waals surface area contributed by atoms with Crippen molar-refractivity contribution < 1.29 is 9.32 Å². The average molecular weight is 390 g/mol. The lowest BCUT2D eigenvalue weighted by Crippen LogP contribution is -2.12. The minimum absolute atomic E-state index is 0.0729. The summed E-state index contributed by atoms with van der Waals surface area (Å²) in [4.78, 5) is 25.3. The molecule has 0 fully saturated rings. The zero-order valence-corrected chi connectivity index (χ0v) is 16.4. The molecule has 0 aliphatic heterocycles. The second-order valence-electron chi connectivity index (χ2n) is 7.11. The van der Waals surface area contributed by atoms with Gasteiger partial charge in [-0.2, -0.15) is 4.98 Å². The number of rotatable bonds is 7. The van der Waals surface area contributed by atoms with Gasteiger partial charge in [0, 0.05) is 18.8 Å². The summed E-state index contributed by atoms with van der Waals surface area (Å²) in [7, 11) is 0. The van der Waals surface area contributed by atoms with Crippen LogP contribution in [0.4, 0.5) is 5.69 Å². The fourth-order valence-corrected chi connectivity index (χ4v) is 2.97. The van der Waals surface area contributed by atoms with Gasteiger partial charge in [0.25, 0.3) is 0 Å². The van der Waals surface area contributed by atoms with E-state index in [0.29, 0.717) is 36.7 Å². The summed E-state index contributed by atoms with van der Waals surface area (Å²) in [6.45, 7) is 4.02. The molecule has 3 heterocycles. The summed E-state index contributed by atoms with van der Waals surface area (Å²) >= 11 is 0. The van der Waals surface area contributed by atoms with E-state index in [4.69, 9.17) is 4.52 Å². The fourth-order valence-electron chi connectivity index (χ4n) is 2.97. The number of imidazole rings is 1. The first-order chi connectivity index (χ1) is 14.1. The fraction of sp³-hybridized carbons (Fsp3) is 0.286. The van der Waals surface area contributed by atoms with Crippen LogP contribution < -0.4 is 5.32 Å². The summed E-state index contributed by atoms with van der Waals surface area (Å²) in [6, 6.07) is 11.6. The van der Waals surface area contributed by atoms with Crippen LogP contribution in [0.2, 0.25) is 0 Å². The minimum Gasteiger partial charge on any atom is -0.339 e. The van der Waals surface area contributed by atoms with Gasteiger partial charge in [0.2, 0.25) is 11.8 Å². The monoisotopic (exact) mass is 390 g/mol. The molecule has 8 nitrogen and oxygen atoms in total. The van der Waals surface area contributed by atoms with Crippen LogP contribution in [0.5, 0.6) is 0 Å². The molecule has 0 radical (unpaired) electrons. The highest BCUT2D eigenvalue weighted by atomic mass is 16.5. The van der Waals surface area contributed by atoms with E-state index < -0.39 is 0 Å². The van der Waals surface area contributed by atoms with Gasteiger partial charge in [-0.15, -0.1) is 0 Å². The zero-order chi connectivity index (χ0) is 20.2. The minimum atomic E-state index is -0.0729. The maximum absolute atomic E-state index is 12.2. The number of hydrogen-bond acceptors (Lipinski definition) is 6. The predicted octanol–water partition coefficient (Wildman–Crippen LogP) is 3.89. The van der Waals surface area contributed by atoms with Crippen LogP contribution in [0.1, 0.15) is 44.3 Å². The maximum Gasteiger partial charge on any atom is 0.226 e. The van der Waals surface area contributed by atoms with Gasteiger partial charge in [-0.25, -0.2) is 9.97 Å². The van der Waals surface area contributed by atoms with Crippen molar-refractivity contribution in [3.63, 3.8) is 0 Å². The van der Waals surface area contributed by atoms with Crippen molar-refractivity contribution in [1.82, 2.24) is 24.7 Å². The van der Waals surface area contributed by atoms with E-state index in [1.165, 1.54) is 0 Å². The number of fused-ring (bicyclic) bond motifs is 1. The number of benzene rings is 1. The summed E-state index contributed by atoms with van der Waals surface area (Å²) in [5.41, 5.74) is 2.55. The number of carbonyl (C=O) groups excluding carboxylic acids is 1. The summed E-state index contributed by atoms with van der Waals surface area (Å²) in [5, 5.41) is 6.80. The lowest BCUT2D eigenvalue weighted by Gasteiger charge is -2.07. The van der Waals surface area contributed by atoms with Gasteiger partial charge in [-0.3, -0.25) is 9.36 Å². The third-order valence-corrected chi connectivity index (χ3v) is 4.53. The van der Waals surface area contributed by atoms with E-state index in [-0.39, 0.29) is 11.8 Å². The largest absolute Gasteiger partial charge is 0.339 e. The number of aromatic nitrogens is 5. The van der Waals surface area contributed by atoms with E-state index in [2.05, 4.69) is 25.4 Å². The first-order valence-electron chi connectivity index (χ1n) is 9.61. The highest BCUT2D eigenvalue weighted by Crippen LogP contribution is 2.18.